The molecule has 26 heavy (non-hydrogen) atoms. The molecular weight excluding hydrogens is 320 g/mol. The Balaban J connectivity index is 1.49. The molecule has 0 radical (unpaired) electrons. The summed E-state index contributed by atoms with van der Waals surface area (Å²) < 4.78 is 0. The lowest BCUT2D eigenvalue weighted by atomic mass is 9.48. The third kappa shape index (κ3) is 2.98. The number of rotatable bonds is 4. The van der Waals surface area contributed by atoms with Gasteiger partial charge >= 0.3 is 0 Å². The van der Waals surface area contributed by atoms with Crippen molar-refractivity contribution in [1.29, 1.82) is 0 Å². The Morgan fingerprint density at radius 2 is 1.73 bits per heavy atom. The molecule has 4 aliphatic rings. The topological polar surface area (TPSA) is 40.5 Å². The van der Waals surface area contributed by atoms with E-state index in [1.165, 1.54) is 44.9 Å². The van der Waals surface area contributed by atoms with Crippen LogP contribution in [-0.4, -0.2) is 22.4 Å². The van der Waals surface area contributed by atoms with Crippen LogP contribution in [0.25, 0.3) is 0 Å². The van der Waals surface area contributed by atoms with Gasteiger partial charge in [-0.1, -0.05) is 27.2 Å². The molecule has 0 aromatic rings. The smallest absolute Gasteiger partial charge is 0.0650 e. The van der Waals surface area contributed by atoms with Crippen LogP contribution in [0.5, 0.6) is 0 Å². The summed E-state index contributed by atoms with van der Waals surface area (Å²) in [7, 11) is 0. The van der Waals surface area contributed by atoms with Gasteiger partial charge in [-0.3, -0.25) is 0 Å². The van der Waals surface area contributed by atoms with Crippen molar-refractivity contribution in [3.8, 4) is 0 Å². The molecule has 2 N–H and O–H groups in total. The van der Waals surface area contributed by atoms with Crippen LogP contribution in [-0.2, 0) is 0 Å². The maximum atomic E-state index is 11.0. The second kappa shape index (κ2) is 7.07. The molecule has 0 heterocycles. The summed E-state index contributed by atoms with van der Waals surface area (Å²) in [6, 6.07) is 0. The Morgan fingerprint density at radius 1 is 0.962 bits per heavy atom. The van der Waals surface area contributed by atoms with Crippen molar-refractivity contribution in [2.75, 3.05) is 6.61 Å². The van der Waals surface area contributed by atoms with Gasteiger partial charge in [-0.2, -0.15) is 0 Å². The highest BCUT2D eigenvalue weighted by Crippen LogP contribution is 2.65. The number of hydrogen-bond donors (Lipinski definition) is 2. The molecule has 0 aromatic carbocycles. The van der Waals surface area contributed by atoms with Crippen LogP contribution in [0.15, 0.2) is 0 Å². The Kier molecular flexibility index (Phi) is 5.23. The van der Waals surface area contributed by atoms with Crippen molar-refractivity contribution in [1.82, 2.24) is 0 Å². The normalized spacial score (nSPS) is 52.0. The highest BCUT2D eigenvalue weighted by Gasteiger charge is 2.58. The van der Waals surface area contributed by atoms with Crippen molar-refractivity contribution < 1.29 is 10.2 Å². The molecule has 4 saturated carbocycles. The van der Waals surface area contributed by atoms with E-state index in [4.69, 9.17) is 0 Å². The van der Waals surface area contributed by atoms with Gasteiger partial charge in [0.25, 0.3) is 0 Å². The SMILES string of the molecule is CCC[C@@]1(O)CC[C@H]2[C@H](CC[C@@H]3[C@@H]2CC[C@]2(C)[C@@H](C(C)CO)CC[C@@H]32)C1. The van der Waals surface area contributed by atoms with Crippen LogP contribution in [0.3, 0.4) is 0 Å². The quantitative estimate of drug-likeness (QED) is 0.701. The molecule has 0 aliphatic heterocycles. The van der Waals surface area contributed by atoms with Crippen LogP contribution in [0.2, 0.25) is 0 Å². The average Bonchev–Trinajstić information content (AvgIpc) is 2.98. The van der Waals surface area contributed by atoms with Gasteiger partial charge in [0.1, 0.15) is 0 Å². The van der Waals surface area contributed by atoms with E-state index in [9.17, 15) is 10.2 Å². The van der Waals surface area contributed by atoms with E-state index in [2.05, 4.69) is 20.8 Å². The number of aliphatic hydroxyl groups excluding tert-OH is 1. The van der Waals surface area contributed by atoms with Gasteiger partial charge in [-0.15, -0.1) is 0 Å². The first-order chi connectivity index (χ1) is 12.4. The van der Waals surface area contributed by atoms with Gasteiger partial charge in [0.05, 0.1) is 5.60 Å². The van der Waals surface area contributed by atoms with Gasteiger partial charge in [0.15, 0.2) is 0 Å². The lowest BCUT2D eigenvalue weighted by Crippen LogP contribution is -2.51. The van der Waals surface area contributed by atoms with Crippen LogP contribution in [0.4, 0.5) is 0 Å². The fraction of sp³-hybridized carbons (Fsp3) is 1.00. The maximum absolute atomic E-state index is 11.0. The fourth-order valence-corrected chi connectivity index (χ4v) is 8.76. The second-order valence-corrected chi connectivity index (χ2v) is 11.0. The molecule has 0 aromatic heterocycles. The minimum atomic E-state index is -0.346. The molecule has 150 valence electrons. The summed E-state index contributed by atoms with van der Waals surface area (Å²) >= 11 is 0. The third-order valence-electron chi connectivity index (χ3n) is 9.87. The molecule has 0 amide bonds. The van der Waals surface area contributed by atoms with Crippen LogP contribution in [0, 0.1) is 46.8 Å². The first-order valence-electron chi connectivity index (χ1n) is 11.7. The number of fused-ring (bicyclic) bond motifs is 5. The summed E-state index contributed by atoms with van der Waals surface area (Å²) in [6.07, 6.45) is 13.9. The molecule has 0 saturated heterocycles. The standard InChI is InChI=1S/C24H42O2/c1-4-11-24(26)13-10-18-17(14-24)5-6-20-19(18)9-12-23(3)21(16(2)15-25)7-8-22(20)23/h16-22,25-26H,4-15H2,1-3H3/t16?,17-,18+,19-,20-,21-,22+,23-,24-/m1/s1. The van der Waals surface area contributed by atoms with Gasteiger partial charge in [0, 0.05) is 6.61 Å². The van der Waals surface area contributed by atoms with Crippen molar-refractivity contribution in [3.05, 3.63) is 0 Å². The van der Waals surface area contributed by atoms with E-state index in [1.807, 2.05) is 0 Å². The molecule has 1 unspecified atom stereocenters. The van der Waals surface area contributed by atoms with Crippen LogP contribution < -0.4 is 0 Å². The van der Waals surface area contributed by atoms with Crippen molar-refractivity contribution in [2.45, 2.75) is 97.0 Å². The largest absolute Gasteiger partial charge is 0.396 e. The summed E-state index contributed by atoms with van der Waals surface area (Å²) in [4.78, 5) is 0. The van der Waals surface area contributed by atoms with E-state index in [1.54, 1.807) is 0 Å². The average molecular weight is 363 g/mol. The minimum Gasteiger partial charge on any atom is -0.396 e. The lowest BCUT2D eigenvalue weighted by Gasteiger charge is -2.57. The van der Waals surface area contributed by atoms with Crippen LogP contribution >= 0.6 is 0 Å². The Bertz CT molecular complexity index is 504. The Hall–Kier alpha value is -0.0800. The molecular formula is C24H42O2. The molecule has 0 bridgehead atoms. The number of aliphatic hydroxyl groups is 2. The summed E-state index contributed by atoms with van der Waals surface area (Å²) in [5.74, 6) is 5.65. The first-order valence-corrected chi connectivity index (χ1v) is 11.7. The van der Waals surface area contributed by atoms with Crippen LogP contribution in [0.1, 0.15) is 91.4 Å². The molecule has 4 rings (SSSR count). The zero-order valence-electron chi connectivity index (χ0n) is 17.4. The Labute approximate surface area is 161 Å². The highest BCUT2D eigenvalue weighted by molar-refractivity contribution is 5.07. The van der Waals surface area contributed by atoms with E-state index < -0.39 is 0 Å². The zero-order valence-corrected chi connectivity index (χ0v) is 17.4. The third-order valence-corrected chi connectivity index (χ3v) is 9.87. The molecule has 4 fully saturated rings. The zero-order chi connectivity index (χ0) is 18.5. The molecule has 9 atom stereocenters. The first kappa shape index (κ1) is 19.2. The lowest BCUT2D eigenvalue weighted by molar-refractivity contribution is -0.111. The Morgan fingerprint density at radius 3 is 2.46 bits per heavy atom. The van der Waals surface area contributed by atoms with E-state index in [-0.39, 0.29) is 5.60 Å². The summed E-state index contributed by atoms with van der Waals surface area (Å²) in [5, 5.41) is 20.8. The summed E-state index contributed by atoms with van der Waals surface area (Å²) in [5.41, 5.74) is 0.134. The maximum Gasteiger partial charge on any atom is 0.0650 e. The predicted molar refractivity (Wildman–Crippen MR) is 107 cm³/mol. The molecule has 2 heteroatoms. The highest BCUT2D eigenvalue weighted by atomic mass is 16.3. The van der Waals surface area contributed by atoms with E-state index in [0.717, 1.165) is 61.2 Å². The minimum absolute atomic E-state index is 0.346. The fourth-order valence-electron chi connectivity index (χ4n) is 8.76. The van der Waals surface area contributed by atoms with E-state index >= 15 is 0 Å². The van der Waals surface area contributed by atoms with Gasteiger partial charge in [-0.25, -0.2) is 0 Å². The monoisotopic (exact) mass is 362 g/mol. The van der Waals surface area contributed by atoms with Crippen molar-refractivity contribution in [3.63, 3.8) is 0 Å². The van der Waals surface area contributed by atoms with Gasteiger partial charge < -0.3 is 10.2 Å². The van der Waals surface area contributed by atoms with Gasteiger partial charge in [0.2, 0.25) is 0 Å². The van der Waals surface area contributed by atoms with E-state index in [0.29, 0.717) is 17.9 Å². The van der Waals surface area contributed by atoms with Crippen molar-refractivity contribution in [2.24, 2.45) is 46.8 Å². The molecule has 0 spiro atoms. The van der Waals surface area contributed by atoms with Gasteiger partial charge in [-0.05, 0) is 111 Å². The van der Waals surface area contributed by atoms with Crippen molar-refractivity contribution >= 4 is 0 Å². The molecule has 4 aliphatic carbocycles. The molecule has 2 nitrogen and oxygen atoms in total. The summed E-state index contributed by atoms with van der Waals surface area (Å²) in [6.45, 7) is 7.43. The predicted octanol–water partition coefficient (Wildman–Crippen LogP) is 5.41. The second-order valence-electron chi connectivity index (χ2n) is 11.0. The number of hydrogen-bond acceptors (Lipinski definition) is 2.